The predicted octanol–water partition coefficient (Wildman–Crippen LogP) is 3.88. The lowest BCUT2D eigenvalue weighted by atomic mass is 9.74. The fourth-order valence-electron chi connectivity index (χ4n) is 2.96. The van der Waals surface area contributed by atoms with Crippen LogP contribution in [0.2, 0.25) is 0 Å². The van der Waals surface area contributed by atoms with Crippen molar-refractivity contribution in [1.82, 2.24) is 5.32 Å². The Kier molecular flexibility index (Phi) is 4.76. The van der Waals surface area contributed by atoms with Crippen LogP contribution in [0.15, 0.2) is 12.1 Å². The van der Waals surface area contributed by atoms with Crippen LogP contribution in [-0.2, 0) is 4.74 Å². The van der Waals surface area contributed by atoms with Gasteiger partial charge in [-0.3, -0.25) is 0 Å². The molecule has 2 nitrogen and oxygen atoms in total. The summed E-state index contributed by atoms with van der Waals surface area (Å²) >= 11 is 0. The first kappa shape index (κ1) is 15.4. The Bertz CT molecular complexity index is 466. The number of ether oxygens (including phenoxy) is 1. The first-order valence-electron chi connectivity index (χ1n) is 7.26. The van der Waals surface area contributed by atoms with Crippen LogP contribution in [0.1, 0.15) is 49.8 Å². The van der Waals surface area contributed by atoms with Crippen LogP contribution in [0.3, 0.4) is 0 Å². The zero-order valence-corrected chi connectivity index (χ0v) is 12.4. The van der Waals surface area contributed by atoms with E-state index >= 15 is 0 Å². The van der Waals surface area contributed by atoms with Gasteiger partial charge in [-0.15, -0.1) is 0 Å². The van der Waals surface area contributed by atoms with Crippen molar-refractivity contribution in [3.05, 3.63) is 34.9 Å². The Morgan fingerprint density at radius 2 is 2.05 bits per heavy atom. The molecule has 1 fully saturated rings. The van der Waals surface area contributed by atoms with Crippen LogP contribution in [0.5, 0.6) is 0 Å². The van der Waals surface area contributed by atoms with Crippen molar-refractivity contribution in [1.29, 1.82) is 0 Å². The minimum absolute atomic E-state index is 0.148. The molecule has 0 bridgehead atoms. The molecule has 0 heterocycles. The van der Waals surface area contributed by atoms with Crippen LogP contribution < -0.4 is 5.32 Å². The van der Waals surface area contributed by atoms with Gasteiger partial charge in [0.15, 0.2) is 0 Å². The van der Waals surface area contributed by atoms with Gasteiger partial charge in [0.05, 0.1) is 5.60 Å². The van der Waals surface area contributed by atoms with Crippen molar-refractivity contribution in [3.8, 4) is 0 Å². The van der Waals surface area contributed by atoms with Crippen molar-refractivity contribution in [2.45, 2.75) is 51.2 Å². The molecule has 0 spiro atoms. The highest BCUT2D eigenvalue weighted by Crippen LogP contribution is 2.42. The summed E-state index contributed by atoms with van der Waals surface area (Å²) in [7, 11) is 1.69. The molecule has 0 aliphatic heterocycles. The Hall–Kier alpha value is -1.00. The number of hydrogen-bond acceptors (Lipinski definition) is 2. The van der Waals surface area contributed by atoms with Gasteiger partial charge >= 0.3 is 0 Å². The number of halogens is 2. The topological polar surface area (TPSA) is 21.3 Å². The van der Waals surface area contributed by atoms with Crippen LogP contribution in [0, 0.1) is 18.6 Å². The van der Waals surface area contributed by atoms with Gasteiger partial charge in [-0.05, 0) is 50.8 Å². The molecule has 20 heavy (non-hydrogen) atoms. The second-order valence-corrected chi connectivity index (χ2v) is 5.65. The lowest BCUT2D eigenvalue weighted by molar-refractivity contribution is -0.0840. The molecule has 1 saturated carbocycles. The molecule has 1 unspecified atom stereocenters. The normalized spacial score (nSPS) is 18.6. The van der Waals surface area contributed by atoms with Crippen LogP contribution in [0.4, 0.5) is 8.78 Å². The smallest absolute Gasteiger partial charge is 0.133 e. The number of hydrogen-bond donors (Lipinski definition) is 1. The zero-order valence-electron chi connectivity index (χ0n) is 12.4. The minimum Gasteiger partial charge on any atom is -0.378 e. The van der Waals surface area contributed by atoms with E-state index in [1.54, 1.807) is 14.0 Å². The van der Waals surface area contributed by atoms with Crippen molar-refractivity contribution in [2.75, 3.05) is 13.7 Å². The van der Waals surface area contributed by atoms with Gasteiger partial charge in [0.2, 0.25) is 0 Å². The molecule has 112 valence electrons. The van der Waals surface area contributed by atoms with Crippen LogP contribution in [0.25, 0.3) is 0 Å². The molecule has 1 aliphatic carbocycles. The lowest BCUT2D eigenvalue weighted by Gasteiger charge is -2.43. The van der Waals surface area contributed by atoms with Gasteiger partial charge in [-0.1, -0.05) is 13.0 Å². The monoisotopic (exact) mass is 283 g/mol. The maximum Gasteiger partial charge on any atom is 0.133 e. The largest absolute Gasteiger partial charge is 0.378 e. The summed E-state index contributed by atoms with van der Waals surface area (Å²) in [5.74, 6) is -0.925. The molecule has 1 aliphatic rings. The van der Waals surface area contributed by atoms with E-state index in [1.807, 2.05) is 6.92 Å². The average Bonchev–Trinajstić information content (AvgIpc) is 2.38. The summed E-state index contributed by atoms with van der Waals surface area (Å²) in [6.45, 7) is 4.27. The lowest BCUT2D eigenvalue weighted by Crippen LogP contribution is -2.43. The fourth-order valence-corrected chi connectivity index (χ4v) is 2.96. The van der Waals surface area contributed by atoms with E-state index < -0.39 is 11.6 Å². The van der Waals surface area contributed by atoms with Gasteiger partial charge in [0.25, 0.3) is 0 Å². The van der Waals surface area contributed by atoms with E-state index in [0.717, 1.165) is 19.3 Å². The second kappa shape index (κ2) is 6.19. The molecule has 1 atom stereocenters. The van der Waals surface area contributed by atoms with Gasteiger partial charge in [-0.2, -0.15) is 0 Å². The maximum atomic E-state index is 14.3. The van der Waals surface area contributed by atoms with E-state index in [0.29, 0.717) is 18.5 Å². The van der Waals surface area contributed by atoms with Gasteiger partial charge < -0.3 is 10.1 Å². The summed E-state index contributed by atoms with van der Waals surface area (Å²) in [6, 6.07) is 2.48. The minimum atomic E-state index is -0.482. The molecule has 1 aromatic carbocycles. The third kappa shape index (κ3) is 2.86. The molecular formula is C16H23F2NO. The molecule has 1 N–H and O–H groups in total. The summed E-state index contributed by atoms with van der Waals surface area (Å²) in [6.07, 6.45) is 3.64. The molecule has 0 saturated heterocycles. The highest BCUT2D eigenvalue weighted by molar-refractivity contribution is 5.29. The Morgan fingerprint density at radius 3 is 2.55 bits per heavy atom. The van der Waals surface area contributed by atoms with Gasteiger partial charge in [0.1, 0.15) is 11.6 Å². The zero-order chi connectivity index (χ0) is 14.8. The predicted molar refractivity (Wildman–Crippen MR) is 75.7 cm³/mol. The molecule has 0 aromatic heterocycles. The highest BCUT2D eigenvalue weighted by atomic mass is 19.1. The first-order chi connectivity index (χ1) is 9.53. The second-order valence-electron chi connectivity index (χ2n) is 5.65. The van der Waals surface area contributed by atoms with Crippen molar-refractivity contribution in [2.24, 2.45) is 0 Å². The molecule has 1 aromatic rings. The standard InChI is InChI=1S/C16H23F2NO/c1-4-19-13(10-16(20-3)8-5-9-16)14-12(17)7-6-11(2)15(14)18/h6-7,13,19H,4-5,8-10H2,1-3H3. The molecule has 0 radical (unpaired) electrons. The summed E-state index contributed by atoms with van der Waals surface area (Å²) in [4.78, 5) is 0. The van der Waals surface area contributed by atoms with Gasteiger partial charge in [-0.25, -0.2) is 8.78 Å². The number of benzene rings is 1. The fraction of sp³-hybridized carbons (Fsp3) is 0.625. The Labute approximate surface area is 119 Å². The highest BCUT2D eigenvalue weighted by Gasteiger charge is 2.40. The third-order valence-electron chi connectivity index (χ3n) is 4.39. The summed E-state index contributed by atoms with van der Waals surface area (Å²) < 4.78 is 34.0. The molecular weight excluding hydrogens is 260 g/mol. The van der Waals surface area contributed by atoms with E-state index in [9.17, 15) is 8.78 Å². The van der Waals surface area contributed by atoms with E-state index in [4.69, 9.17) is 4.74 Å². The molecule has 4 heteroatoms. The number of rotatable bonds is 6. The summed E-state index contributed by atoms with van der Waals surface area (Å²) in [5, 5.41) is 3.21. The van der Waals surface area contributed by atoms with Gasteiger partial charge in [0, 0.05) is 18.7 Å². The maximum absolute atomic E-state index is 14.3. The van der Waals surface area contributed by atoms with Crippen LogP contribution in [-0.4, -0.2) is 19.3 Å². The van der Waals surface area contributed by atoms with Crippen molar-refractivity contribution >= 4 is 0 Å². The van der Waals surface area contributed by atoms with E-state index in [-0.39, 0.29) is 17.2 Å². The van der Waals surface area contributed by atoms with E-state index in [1.165, 1.54) is 12.1 Å². The third-order valence-corrected chi connectivity index (χ3v) is 4.39. The Balaban J connectivity index is 2.31. The average molecular weight is 283 g/mol. The first-order valence-corrected chi connectivity index (χ1v) is 7.26. The van der Waals surface area contributed by atoms with E-state index in [2.05, 4.69) is 5.32 Å². The quantitative estimate of drug-likeness (QED) is 0.855. The van der Waals surface area contributed by atoms with Crippen molar-refractivity contribution in [3.63, 3.8) is 0 Å². The Morgan fingerprint density at radius 1 is 1.35 bits per heavy atom. The number of methoxy groups -OCH3 is 1. The van der Waals surface area contributed by atoms with Crippen LogP contribution >= 0.6 is 0 Å². The SMILES string of the molecule is CCNC(CC1(OC)CCC1)c1c(F)ccc(C)c1F. The van der Waals surface area contributed by atoms with Crippen molar-refractivity contribution < 1.29 is 13.5 Å². The number of nitrogens with one attached hydrogen (secondary N) is 1. The summed E-state index contributed by atoms with van der Waals surface area (Å²) in [5.41, 5.74) is 0.398. The molecule has 2 rings (SSSR count). The molecule has 0 amide bonds. The number of aryl methyl sites for hydroxylation is 1.